The van der Waals surface area contributed by atoms with Crippen molar-refractivity contribution >= 4 is 6.29 Å². The zero-order valence-electron chi connectivity index (χ0n) is 16.6. The minimum Gasteiger partial charge on any atom is -0.316 e. The van der Waals surface area contributed by atoms with Gasteiger partial charge in [0.15, 0.2) is 0 Å². The van der Waals surface area contributed by atoms with E-state index in [0.717, 1.165) is 37.2 Å². The van der Waals surface area contributed by atoms with Crippen molar-refractivity contribution in [2.75, 3.05) is 21.1 Å². The molecule has 0 aromatic heterocycles. The van der Waals surface area contributed by atoms with Gasteiger partial charge in [-0.1, -0.05) is 60.2 Å². The molecule has 4 nitrogen and oxygen atoms in total. The van der Waals surface area contributed by atoms with Crippen molar-refractivity contribution in [2.45, 2.75) is 39.2 Å². The second kappa shape index (κ2) is 16.5. The highest BCUT2D eigenvalue weighted by atomic mass is 16.5. The third-order valence-corrected chi connectivity index (χ3v) is 3.38. The monoisotopic (exact) mass is 358 g/mol. The molecule has 0 unspecified atom stereocenters. The molecular formula is C22H34N2O2. The van der Waals surface area contributed by atoms with E-state index in [0.29, 0.717) is 6.42 Å². The maximum Gasteiger partial charge on any atom is 0.119 e. The van der Waals surface area contributed by atoms with E-state index >= 15 is 0 Å². The van der Waals surface area contributed by atoms with Gasteiger partial charge in [-0.3, -0.25) is 0 Å². The molecule has 0 radical (unpaired) electrons. The Kier molecular flexibility index (Phi) is 15.2. The van der Waals surface area contributed by atoms with Gasteiger partial charge < -0.3 is 15.3 Å². The van der Waals surface area contributed by atoms with Crippen molar-refractivity contribution in [1.29, 1.82) is 0 Å². The number of rotatable bonds is 7. The lowest BCUT2D eigenvalue weighted by molar-refractivity contribution is -0.107. The lowest BCUT2D eigenvalue weighted by atomic mass is 10.1. The summed E-state index contributed by atoms with van der Waals surface area (Å²) in [7, 11) is 5.07. The second-order valence-corrected chi connectivity index (χ2v) is 6.26. The number of hydrogen-bond acceptors (Lipinski definition) is 4. The molecule has 0 saturated heterocycles. The number of aldehydes is 1. The second-order valence-electron chi connectivity index (χ2n) is 6.26. The molecule has 0 heterocycles. The van der Waals surface area contributed by atoms with Crippen LogP contribution in [0.3, 0.4) is 0 Å². The van der Waals surface area contributed by atoms with Crippen LogP contribution in [0, 0.1) is 6.92 Å². The van der Waals surface area contributed by atoms with Gasteiger partial charge in [0.2, 0.25) is 0 Å². The molecule has 0 saturated carbocycles. The van der Waals surface area contributed by atoms with Crippen LogP contribution >= 0.6 is 0 Å². The maximum absolute atomic E-state index is 10.0. The number of carbonyl (C=O) groups is 1. The normalized spacial score (nSPS) is 9.62. The molecule has 2 aromatic rings. The number of hydrogen-bond donors (Lipinski definition) is 2. The molecule has 4 heteroatoms. The summed E-state index contributed by atoms with van der Waals surface area (Å²) in [4.78, 5) is 10.0. The predicted octanol–water partition coefficient (Wildman–Crippen LogP) is 4.25. The fourth-order valence-corrected chi connectivity index (χ4v) is 2.11. The smallest absolute Gasteiger partial charge is 0.119 e. The Morgan fingerprint density at radius 3 is 2.04 bits per heavy atom. The topological polar surface area (TPSA) is 52.6 Å². The van der Waals surface area contributed by atoms with E-state index in [9.17, 15) is 4.79 Å². The third kappa shape index (κ3) is 15.5. The molecule has 0 amide bonds. The number of unbranched alkanes of at least 4 members (excludes halogenated alkanes) is 2. The first-order chi connectivity index (χ1) is 12.5. The number of nitrogens with zero attached hydrogens (tertiary/aromatic N) is 1. The largest absolute Gasteiger partial charge is 0.316 e. The van der Waals surface area contributed by atoms with E-state index < -0.39 is 0 Å². The first kappa shape index (κ1) is 24.0. The standard InChI is InChI=1S/C11H14O.C9H13N.C2H7NO/c12-10-6-2-5-9-11-7-3-1-4-8-11;1-8-3-5-9(6-4-8)7-10-2;1-3(2)4/h1,3-4,7-8,10H,2,5-6,9H2;3-6,10H,7H2,1-2H3;4H,1-2H3. The summed E-state index contributed by atoms with van der Waals surface area (Å²) >= 11 is 0. The Morgan fingerprint density at radius 2 is 1.54 bits per heavy atom. The van der Waals surface area contributed by atoms with Crippen molar-refractivity contribution in [2.24, 2.45) is 0 Å². The van der Waals surface area contributed by atoms with Crippen molar-refractivity contribution in [3.05, 3.63) is 71.3 Å². The summed E-state index contributed by atoms with van der Waals surface area (Å²) in [6, 6.07) is 18.9. The first-order valence-electron chi connectivity index (χ1n) is 9.03. The third-order valence-electron chi connectivity index (χ3n) is 3.38. The van der Waals surface area contributed by atoms with Crippen molar-refractivity contribution < 1.29 is 10.0 Å². The van der Waals surface area contributed by atoms with Gasteiger partial charge in [0.05, 0.1) is 0 Å². The van der Waals surface area contributed by atoms with Gasteiger partial charge in [0.1, 0.15) is 6.29 Å². The Labute approximate surface area is 158 Å². The van der Waals surface area contributed by atoms with Crippen LogP contribution in [0.5, 0.6) is 0 Å². The summed E-state index contributed by atoms with van der Waals surface area (Å²) in [5.74, 6) is 0. The van der Waals surface area contributed by atoms with Crippen LogP contribution in [0.1, 0.15) is 36.0 Å². The van der Waals surface area contributed by atoms with Crippen LogP contribution in [0.4, 0.5) is 0 Å². The van der Waals surface area contributed by atoms with Gasteiger partial charge in [0.25, 0.3) is 0 Å². The number of aryl methyl sites for hydroxylation is 2. The summed E-state index contributed by atoms with van der Waals surface area (Å²) < 4.78 is 0. The highest BCUT2D eigenvalue weighted by Crippen LogP contribution is 2.05. The first-order valence-corrected chi connectivity index (χ1v) is 9.03. The molecule has 2 N–H and O–H groups in total. The average Bonchev–Trinajstić information content (AvgIpc) is 2.62. The van der Waals surface area contributed by atoms with Gasteiger partial charge in [-0.25, -0.2) is 0 Å². The number of hydroxylamine groups is 2. The lowest BCUT2D eigenvalue weighted by Crippen LogP contribution is -2.04. The number of benzene rings is 2. The summed E-state index contributed by atoms with van der Waals surface area (Å²) in [6.45, 7) is 3.06. The summed E-state index contributed by atoms with van der Waals surface area (Å²) in [5, 5.41) is 12.0. The molecule has 0 aliphatic carbocycles. The number of nitrogens with one attached hydrogen (secondary N) is 1. The van der Waals surface area contributed by atoms with Crippen molar-refractivity contribution in [1.82, 2.24) is 10.4 Å². The van der Waals surface area contributed by atoms with Crippen LogP contribution in [0.25, 0.3) is 0 Å². The molecular weight excluding hydrogens is 324 g/mol. The van der Waals surface area contributed by atoms with Gasteiger partial charge >= 0.3 is 0 Å². The van der Waals surface area contributed by atoms with Crippen LogP contribution in [0.15, 0.2) is 54.6 Å². The van der Waals surface area contributed by atoms with Gasteiger partial charge in [-0.2, -0.15) is 5.06 Å². The van der Waals surface area contributed by atoms with Crippen LogP contribution in [0.2, 0.25) is 0 Å². The van der Waals surface area contributed by atoms with Gasteiger partial charge in [0, 0.05) is 27.1 Å². The van der Waals surface area contributed by atoms with E-state index in [1.807, 2.05) is 13.1 Å². The fourth-order valence-electron chi connectivity index (χ4n) is 2.11. The molecule has 0 fully saturated rings. The van der Waals surface area contributed by atoms with E-state index in [2.05, 4.69) is 60.8 Å². The minimum atomic E-state index is 0.701. The SMILES string of the molecule is CN(C)O.CNCc1ccc(C)cc1.O=CCCCCc1ccccc1. The Bertz CT molecular complexity index is 551. The molecule has 0 aliphatic rings. The summed E-state index contributed by atoms with van der Waals surface area (Å²) in [6.07, 6.45) is 4.91. The van der Waals surface area contributed by atoms with E-state index in [1.165, 1.54) is 16.7 Å². The molecule has 0 bridgehead atoms. The Morgan fingerprint density at radius 1 is 0.962 bits per heavy atom. The quantitative estimate of drug-likeness (QED) is 0.441. The van der Waals surface area contributed by atoms with Crippen LogP contribution < -0.4 is 5.32 Å². The summed E-state index contributed by atoms with van der Waals surface area (Å²) in [5.41, 5.74) is 4.02. The minimum absolute atomic E-state index is 0.701. The van der Waals surface area contributed by atoms with Crippen LogP contribution in [-0.2, 0) is 17.8 Å². The molecule has 0 atom stereocenters. The molecule has 0 spiro atoms. The molecule has 2 rings (SSSR count). The zero-order valence-corrected chi connectivity index (χ0v) is 16.6. The van der Waals surface area contributed by atoms with Gasteiger partial charge in [-0.15, -0.1) is 0 Å². The molecule has 26 heavy (non-hydrogen) atoms. The highest BCUT2D eigenvalue weighted by molar-refractivity contribution is 5.48. The van der Waals surface area contributed by atoms with E-state index in [4.69, 9.17) is 5.21 Å². The van der Waals surface area contributed by atoms with Gasteiger partial charge in [-0.05, 0) is 44.4 Å². The zero-order chi connectivity index (χ0) is 19.6. The molecule has 2 aromatic carbocycles. The van der Waals surface area contributed by atoms with Crippen molar-refractivity contribution in [3.63, 3.8) is 0 Å². The fraction of sp³-hybridized carbons (Fsp3) is 0.409. The average molecular weight is 359 g/mol. The van der Waals surface area contributed by atoms with E-state index in [1.54, 1.807) is 14.1 Å². The highest BCUT2D eigenvalue weighted by Gasteiger charge is 1.91. The van der Waals surface area contributed by atoms with E-state index in [-0.39, 0.29) is 0 Å². The maximum atomic E-state index is 10.0. The molecule has 144 valence electrons. The predicted molar refractivity (Wildman–Crippen MR) is 109 cm³/mol. The Balaban J connectivity index is 0.000000405. The lowest BCUT2D eigenvalue weighted by Gasteiger charge is -1.98. The van der Waals surface area contributed by atoms with Crippen molar-refractivity contribution in [3.8, 4) is 0 Å². The molecule has 0 aliphatic heterocycles. The number of carbonyl (C=O) groups excluding carboxylic acids is 1. The Hall–Kier alpha value is -2.01. The van der Waals surface area contributed by atoms with Crippen LogP contribution in [-0.4, -0.2) is 37.7 Å².